The largest absolute Gasteiger partial charge is 0.417 e. The van der Waals surface area contributed by atoms with E-state index in [0.717, 1.165) is 12.3 Å². The highest BCUT2D eigenvalue weighted by atomic mass is 19.4. The first kappa shape index (κ1) is 18.9. The zero-order valence-electron chi connectivity index (χ0n) is 14.6. The Labute approximate surface area is 153 Å². The van der Waals surface area contributed by atoms with Gasteiger partial charge in [0.25, 0.3) is 0 Å². The first-order valence-electron chi connectivity index (χ1n) is 8.34. The van der Waals surface area contributed by atoms with Gasteiger partial charge in [-0.3, -0.25) is 0 Å². The Kier molecular flexibility index (Phi) is 5.20. The lowest BCUT2D eigenvalue weighted by Crippen LogP contribution is -2.50. The van der Waals surface area contributed by atoms with Gasteiger partial charge in [0.2, 0.25) is 0 Å². The smallest absolute Gasteiger partial charge is 0.353 e. The number of carbonyl (C=O) groups is 1. The Hall–Kier alpha value is -2.84. The highest BCUT2D eigenvalue weighted by Crippen LogP contribution is 2.29. The van der Waals surface area contributed by atoms with E-state index in [9.17, 15) is 22.4 Å². The van der Waals surface area contributed by atoms with Gasteiger partial charge in [-0.15, -0.1) is 0 Å². The number of carbonyl (C=O) groups excluding carboxylic acids is 1. The average molecular weight is 382 g/mol. The zero-order valence-corrected chi connectivity index (χ0v) is 14.6. The molecular formula is C18H18F4N4O. The minimum atomic E-state index is -4.42. The van der Waals surface area contributed by atoms with Crippen LogP contribution in [0.1, 0.15) is 11.1 Å². The third kappa shape index (κ3) is 4.47. The van der Waals surface area contributed by atoms with Gasteiger partial charge in [-0.25, -0.2) is 14.2 Å². The van der Waals surface area contributed by atoms with Gasteiger partial charge in [0.1, 0.15) is 11.6 Å². The fourth-order valence-electron chi connectivity index (χ4n) is 2.75. The third-order valence-corrected chi connectivity index (χ3v) is 4.39. The highest BCUT2D eigenvalue weighted by molar-refractivity contribution is 5.89. The predicted molar refractivity (Wildman–Crippen MR) is 93.2 cm³/mol. The monoisotopic (exact) mass is 382 g/mol. The molecule has 0 bridgehead atoms. The lowest BCUT2D eigenvalue weighted by Gasteiger charge is -2.35. The third-order valence-electron chi connectivity index (χ3n) is 4.39. The number of aryl methyl sites for hydroxylation is 1. The molecule has 0 spiro atoms. The molecule has 1 fully saturated rings. The van der Waals surface area contributed by atoms with E-state index in [-0.39, 0.29) is 6.03 Å². The summed E-state index contributed by atoms with van der Waals surface area (Å²) in [4.78, 5) is 19.5. The fraction of sp³-hybridized carbons (Fsp3) is 0.333. The van der Waals surface area contributed by atoms with E-state index in [0.29, 0.717) is 43.2 Å². The van der Waals surface area contributed by atoms with Crippen LogP contribution in [0.15, 0.2) is 36.5 Å². The van der Waals surface area contributed by atoms with Crippen LogP contribution in [0.2, 0.25) is 0 Å². The summed E-state index contributed by atoms with van der Waals surface area (Å²) in [5.74, 6) is 0.0367. The van der Waals surface area contributed by atoms with Crippen LogP contribution in [0.4, 0.5) is 33.9 Å². The summed E-state index contributed by atoms with van der Waals surface area (Å²) in [5.41, 5.74) is 0.0650. The van der Waals surface area contributed by atoms with Crippen molar-refractivity contribution in [2.24, 2.45) is 0 Å². The lowest BCUT2D eigenvalue weighted by molar-refractivity contribution is -0.137. The quantitative estimate of drug-likeness (QED) is 0.802. The topological polar surface area (TPSA) is 48.5 Å². The molecule has 3 rings (SSSR count). The van der Waals surface area contributed by atoms with Gasteiger partial charge < -0.3 is 15.1 Å². The van der Waals surface area contributed by atoms with Gasteiger partial charge in [0.15, 0.2) is 0 Å². The van der Waals surface area contributed by atoms with Gasteiger partial charge in [-0.05, 0) is 36.8 Å². The summed E-state index contributed by atoms with van der Waals surface area (Å²) in [7, 11) is 0. The van der Waals surface area contributed by atoms with E-state index < -0.39 is 17.6 Å². The van der Waals surface area contributed by atoms with E-state index in [4.69, 9.17) is 0 Å². The Morgan fingerprint density at radius 1 is 1.11 bits per heavy atom. The highest BCUT2D eigenvalue weighted by Gasteiger charge is 2.31. The Bertz CT molecular complexity index is 815. The summed E-state index contributed by atoms with van der Waals surface area (Å²) in [6.45, 7) is 3.27. The molecule has 9 heteroatoms. The van der Waals surface area contributed by atoms with Crippen LogP contribution in [0.3, 0.4) is 0 Å². The number of amides is 2. The number of rotatable bonds is 2. The molecular weight excluding hydrogens is 364 g/mol. The number of urea groups is 1. The maximum Gasteiger partial charge on any atom is 0.417 e. The molecule has 2 aromatic rings. The standard InChI is InChI=1S/C18H18F4N4O/c1-12-2-4-14(10-15(12)19)24-17(27)26-8-6-25(7-9-26)16-5-3-13(11-23-16)18(20,21)22/h2-5,10-11H,6-9H2,1H3,(H,24,27). The first-order chi connectivity index (χ1) is 12.7. The molecule has 0 saturated carbocycles. The van der Waals surface area contributed by atoms with Gasteiger partial charge in [0.05, 0.1) is 5.56 Å². The van der Waals surface area contributed by atoms with Crippen LogP contribution < -0.4 is 10.2 Å². The molecule has 1 aliphatic heterocycles. The van der Waals surface area contributed by atoms with Crippen molar-refractivity contribution in [3.05, 3.63) is 53.5 Å². The Morgan fingerprint density at radius 2 is 1.81 bits per heavy atom. The van der Waals surface area contributed by atoms with Crippen LogP contribution in [0, 0.1) is 12.7 Å². The number of nitrogens with one attached hydrogen (secondary N) is 1. The van der Waals surface area contributed by atoms with E-state index >= 15 is 0 Å². The van der Waals surface area contributed by atoms with Crippen molar-refractivity contribution in [2.75, 3.05) is 36.4 Å². The van der Waals surface area contributed by atoms with Crippen molar-refractivity contribution in [3.8, 4) is 0 Å². The SMILES string of the molecule is Cc1ccc(NC(=O)N2CCN(c3ccc(C(F)(F)F)cn3)CC2)cc1F. The van der Waals surface area contributed by atoms with Crippen molar-refractivity contribution < 1.29 is 22.4 Å². The van der Waals surface area contributed by atoms with Crippen molar-refractivity contribution in [1.82, 2.24) is 9.88 Å². The molecule has 5 nitrogen and oxygen atoms in total. The van der Waals surface area contributed by atoms with Gasteiger partial charge in [-0.1, -0.05) is 6.07 Å². The molecule has 2 heterocycles. The second kappa shape index (κ2) is 7.42. The minimum Gasteiger partial charge on any atom is -0.353 e. The molecule has 1 saturated heterocycles. The van der Waals surface area contributed by atoms with Gasteiger partial charge in [0, 0.05) is 38.1 Å². The second-order valence-corrected chi connectivity index (χ2v) is 6.27. The Balaban J connectivity index is 1.56. The number of benzene rings is 1. The molecule has 2 amide bonds. The van der Waals surface area contributed by atoms with E-state index in [1.54, 1.807) is 24.0 Å². The molecule has 0 unspecified atom stereocenters. The van der Waals surface area contributed by atoms with Crippen LogP contribution in [-0.4, -0.2) is 42.1 Å². The minimum absolute atomic E-state index is 0.349. The molecule has 144 valence electrons. The van der Waals surface area contributed by atoms with Crippen LogP contribution in [0.5, 0.6) is 0 Å². The number of piperazine rings is 1. The molecule has 27 heavy (non-hydrogen) atoms. The summed E-state index contributed by atoms with van der Waals surface area (Å²) >= 11 is 0. The average Bonchev–Trinajstić information content (AvgIpc) is 2.64. The number of halogens is 4. The predicted octanol–water partition coefficient (Wildman–Crippen LogP) is 3.90. The number of nitrogens with zero attached hydrogens (tertiary/aromatic N) is 3. The van der Waals surface area contributed by atoms with Gasteiger partial charge in [-0.2, -0.15) is 13.2 Å². The molecule has 1 N–H and O–H groups in total. The van der Waals surface area contributed by atoms with Crippen molar-refractivity contribution in [3.63, 3.8) is 0 Å². The number of hydrogen-bond donors (Lipinski definition) is 1. The summed E-state index contributed by atoms with van der Waals surface area (Å²) in [5, 5.41) is 2.65. The normalized spacial score (nSPS) is 15.0. The summed E-state index contributed by atoms with van der Waals surface area (Å²) in [6.07, 6.45) is -3.61. The van der Waals surface area contributed by atoms with E-state index in [1.165, 1.54) is 12.1 Å². The van der Waals surface area contributed by atoms with Crippen molar-refractivity contribution in [2.45, 2.75) is 13.1 Å². The number of anilines is 2. The number of pyridine rings is 1. The molecule has 1 aromatic heterocycles. The Morgan fingerprint density at radius 3 is 2.37 bits per heavy atom. The van der Waals surface area contributed by atoms with Crippen LogP contribution >= 0.6 is 0 Å². The zero-order chi connectivity index (χ0) is 19.6. The molecule has 0 radical (unpaired) electrons. The van der Waals surface area contributed by atoms with Crippen LogP contribution in [-0.2, 0) is 6.18 Å². The van der Waals surface area contributed by atoms with Crippen molar-refractivity contribution >= 4 is 17.5 Å². The maximum atomic E-state index is 13.6. The summed E-state index contributed by atoms with van der Waals surface area (Å²) in [6, 6.07) is 6.44. The molecule has 0 atom stereocenters. The number of alkyl halides is 3. The number of hydrogen-bond acceptors (Lipinski definition) is 3. The first-order valence-corrected chi connectivity index (χ1v) is 8.34. The van der Waals surface area contributed by atoms with E-state index in [1.807, 2.05) is 4.90 Å². The van der Waals surface area contributed by atoms with Crippen molar-refractivity contribution in [1.29, 1.82) is 0 Å². The molecule has 1 aliphatic rings. The summed E-state index contributed by atoms with van der Waals surface area (Å²) < 4.78 is 51.4. The van der Waals surface area contributed by atoms with Crippen LogP contribution in [0.25, 0.3) is 0 Å². The molecule has 0 aliphatic carbocycles. The maximum absolute atomic E-state index is 13.6. The van der Waals surface area contributed by atoms with E-state index in [2.05, 4.69) is 10.3 Å². The number of aromatic nitrogens is 1. The molecule has 1 aromatic carbocycles. The lowest BCUT2D eigenvalue weighted by atomic mass is 10.2. The van der Waals surface area contributed by atoms with Gasteiger partial charge >= 0.3 is 12.2 Å². The second-order valence-electron chi connectivity index (χ2n) is 6.27. The fourth-order valence-corrected chi connectivity index (χ4v) is 2.75.